The van der Waals surface area contributed by atoms with Crippen LogP contribution in [0.4, 0.5) is 32.2 Å². The van der Waals surface area contributed by atoms with E-state index in [1.807, 2.05) is 37.3 Å². The molecule has 4 rings (SSSR count). The topological polar surface area (TPSA) is 217 Å². The summed E-state index contributed by atoms with van der Waals surface area (Å²) >= 11 is 1.69. The van der Waals surface area contributed by atoms with E-state index < -0.39 is 24.3 Å². The Balaban J connectivity index is 0.000000479. The second-order valence-electron chi connectivity index (χ2n) is 10.1. The van der Waals surface area contributed by atoms with Crippen LogP contribution in [-0.4, -0.2) is 80.7 Å². The zero-order chi connectivity index (χ0) is 36.1. The van der Waals surface area contributed by atoms with Crippen LogP contribution in [0.2, 0.25) is 0 Å². The lowest BCUT2D eigenvalue weighted by Crippen LogP contribution is -2.50. The van der Waals surface area contributed by atoms with Crippen molar-refractivity contribution in [2.75, 3.05) is 17.6 Å². The van der Waals surface area contributed by atoms with Gasteiger partial charge in [-0.05, 0) is 44.0 Å². The number of anilines is 1. The molecule has 0 saturated heterocycles. The number of carboxylic acids is 2. The van der Waals surface area contributed by atoms with Gasteiger partial charge in [0.05, 0.1) is 17.5 Å². The van der Waals surface area contributed by atoms with Crippen molar-refractivity contribution in [1.29, 1.82) is 5.41 Å². The van der Waals surface area contributed by atoms with E-state index in [0.29, 0.717) is 17.9 Å². The third-order valence-electron chi connectivity index (χ3n) is 6.32. The quantitative estimate of drug-likeness (QED) is 0.0699. The molecule has 2 unspecified atom stereocenters. The smallest absolute Gasteiger partial charge is 0.475 e. The van der Waals surface area contributed by atoms with Crippen molar-refractivity contribution >= 4 is 52.3 Å². The largest absolute Gasteiger partial charge is 0.490 e. The summed E-state index contributed by atoms with van der Waals surface area (Å²) in [5, 5.41) is 32.3. The number of nitrogens with zero attached hydrogens (tertiary/aromatic N) is 2. The second-order valence-corrected chi connectivity index (χ2v) is 11.2. The van der Waals surface area contributed by atoms with E-state index in [1.165, 1.54) is 0 Å². The number of aliphatic carboxylic acids is 2. The number of nitrogens with one attached hydrogen (secondary N) is 4. The number of carbonyl (C=O) groups excluding carboxylic acids is 1. The van der Waals surface area contributed by atoms with Crippen LogP contribution in [0.15, 0.2) is 41.0 Å². The van der Waals surface area contributed by atoms with Crippen LogP contribution in [0.1, 0.15) is 47.6 Å². The van der Waals surface area contributed by atoms with E-state index in [2.05, 4.69) is 25.9 Å². The van der Waals surface area contributed by atoms with Crippen LogP contribution in [0.25, 0.3) is 10.9 Å². The van der Waals surface area contributed by atoms with Crippen molar-refractivity contribution in [3.05, 3.63) is 53.7 Å². The number of aryl methyl sites for hydroxylation is 1. The number of fused-ring (bicyclic) bond motifs is 1. The van der Waals surface area contributed by atoms with Crippen molar-refractivity contribution in [2.24, 2.45) is 5.73 Å². The molecule has 1 aliphatic carbocycles. The summed E-state index contributed by atoms with van der Waals surface area (Å²) < 4.78 is 68.8. The van der Waals surface area contributed by atoms with Gasteiger partial charge in [0.25, 0.3) is 5.91 Å². The van der Waals surface area contributed by atoms with Crippen LogP contribution in [0.3, 0.4) is 0 Å². The highest BCUT2D eigenvalue weighted by Crippen LogP contribution is 2.27. The Morgan fingerprint density at radius 1 is 1.02 bits per heavy atom. The van der Waals surface area contributed by atoms with Crippen LogP contribution in [0.5, 0.6) is 0 Å². The molecule has 0 spiro atoms. The molecule has 1 saturated carbocycles. The van der Waals surface area contributed by atoms with E-state index >= 15 is 0 Å². The predicted molar refractivity (Wildman–Crippen MR) is 164 cm³/mol. The molecule has 0 aliphatic heterocycles. The number of hydrogen-bond donors (Lipinski definition) is 7. The molecule has 48 heavy (non-hydrogen) atoms. The summed E-state index contributed by atoms with van der Waals surface area (Å²) in [6, 6.07) is 9.81. The van der Waals surface area contributed by atoms with Gasteiger partial charge < -0.3 is 36.3 Å². The fourth-order valence-electron chi connectivity index (χ4n) is 4.19. The van der Waals surface area contributed by atoms with Crippen molar-refractivity contribution in [2.45, 2.75) is 62.8 Å². The Hall–Kier alpha value is -4.75. The standard InChI is InChI=1S/C24H31N7O2S.2C2HF3O2/c1-15-8-9-18-17(13-15)21(29-19-6-2-3-7-20(19)30-24(25)26)31-22(28-18)23(32)27-10-12-34-14-16-5-4-11-33-16;2*3-2(4,5)1(6)7/h4-5,8-9,11,13,19-20H,2-3,6-7,10,12,14H2,1H3,(H,27,32)(H4,25,26,30)(H,28,29,31);2*(H,6,7). The molecule has 13 nitrogen and oxygen atoms in total. The average Bonchev–Trinajstić information content (AvgIpc) is 3.51. The maximum absolute atomic E-state index is 12.9. The molecule has 20 heteroatoms. The number of thioether (sulfide) groups is 1. The van der Waals surface area contributed by atoms with E-state index in [9.17, 15) is 31.1 Å². The number of carbonyl (C=O) groups is 3. The summed E-state index contributed by atoms with van der Waals surface area (Å²) in [6.07, 6.45) is -4.50. The molecule has 264 valence electrons. The molecular formula is C28H33F6N7O6S. The Morgan fingerprint density at radius 3 is 2.17 bits per heavy atom. The minimum Gasteiger partial charge on any atom is -0.475 e. The van der Waals surface area contributed by atoms with E-state index in [4.69, 9.17) is 35.4 Å². The maximum Gasteiger partial charge on any atom is 0.490 e. The molecule has 1 amide bonds. The van der Waals surface area contributed by atoms with E-state index in [-0.39, 0.29) is 29.8 Å². The molecule has 1 aliphatic rings. The SMILES string of the molecule is Cc1ccc2nc(C(=O)NCCSCc3ccco3)nc(NC3CCCCC3NC(=N)N)c2c1.O=C(O)C(F)(F)F.O=C(O)C(F)(F)F. The highest BCUT2D eigenvalue weighted by Gasteiger charge is 2.39. The minimum atomic E-state index is -5.08. The highest BCUT2D eigenvalue weighted by molar-refractivity contribution is 7.98. The van der Waals surface area contributed by atoms with Gasteiger partial charge in [-0.1, -0.05) is 24.5 Å². The fraction of sp³-hybridized carbons (Fsp3) is 0.429. The molecule has 8 N–H and O–H groups in total. The van der Waals surface area contributed by atoms with Crippen molar-refractivity contribution in [1.82, 2.24) is 20.6 Å². The lowest BCUT2D eigenvalue weighted by Gasteiger charge is -2.33. The van der Waals surface area contributed by atoms with Crippen LogP contribution >= 0.6 is 11.8 Å². The van der Waals surface area contributed by atoms with Gasteiger partial charge in [0.2, 0.25) is 5.82 Å². The van der Waals surface area contributed by atoms with Crippen molar-refractivity contribution in [3.63, 3.8) is 0 Å². The van der Waals surface area contributed by atoms with Gasteiger partial charge in [-0.25, -0.2) is 19.6 Å². The Morgan fingerprint density at radius 2 is 1.62 bits per heavy atom. The molecular weight excluding hydrogens is 676 g/mol. The lowest BCUT2D eigenvalue weighted by atomic mass is 9.90. The summed E-state index contributed by atoms with van der Waals surface area (Å²) in [4.78, 5) is 39.8. The van der Waals surface area contributed by atoms with Crippen molar-refractivity contribution < 1.29 is 55.4 Å². The summed E-state index contributed by atoms with van der Waals surface area (Å²) in [7, 11) is 0. The fourth-order valence-corrected chi connectivity index (χ4v) is 4.95. The first-order valence-corrected chi connectivity index (χ1v) is 15.2. The lowest BCUT2D eigenvalue weighted by molar-refractivity contribution is -0.193. The second kappa shape index (κ2) is 18.0. The summed E-state index contributed by atoms with van der Waals surface area (Å²) in [6.45, 7) is 2.53. The number of aromatic nitrogens is 2. The van der Waals surface area contributed by atoms with Crippen molar-refractivity contribution in [3.8, 4) is 0 Å². The maximum atomic E-state index is 12.9. The van der Waals surface area contributed by atoms with E-state index in [1.54, 1.807) is 18.0 Å². The molecule has 1 fully saturated rings. The number of carboxylic acid groups (broad SMARTS) is 2. The third-order valence-corrected chi connectivity index (χ3v) is 7.31. The number of alkyl halides is 6. The third kappa shape index (κ3) is 13.5. The first-order valence-electron chi connectivity index (χ1n) is 14.0. The Bertz CT molecular complexity index is 1520. The molecule has 1 aromatic carbocycles. The molecule has 0 bridgehead atoms. The number of benzene rings is 1. The Kier molecular flexibility index (Phi) is 14.8. The average molecular weight is 710 g/mol. The first kappa shape index (κ1) is 39.4. The number of hydrogen-bond acceptors (Lipinski definition) is 9. The number of nitrogens with two attached hydrogens (primary N) is 1. The highest BCUT2D eigenvalue weighted by atomic mass is 32.2. The first-order chi connectivity index (χ1) is 22.4. The summed E-state index contributed by atoms with van der Waals surface area (Å²) in [5.41, 5.74) is 7.41. The molecule has 2 heterocycles. The number of rotatable bonds is 9. The predicted octanol–water partition coefficient (Wildman–Crippen LogP) is 4.67. The van der Waals surface area contributed by atoms with Gasteiger partial charge in [0.15, 0.2) is 5.96 Å². The monoisotopic (exact) mass is 709 g/mol. The normalized spacial score (nSPS) is 16.0. The molecule has 3 aromatic rings. The van der Waals surface area contributed by atoms with Gasteiger partial charge in [0.1, 0.15) is 11.6 Å². The zero-order valence-corrected chi connectivity index (χ0v) is 26.1. The van der Waals surface area contributed by atoms with Gasteiger partial charge in [0, 0.05) is 29.8 Å². The van der Waals surface area contributed by atoms with Crippen LogP contribution in [0, 0.1) is 12.3 Å². The number of amides is 1. The number of halogens is 6. The van der Waals surface area contributed by atoms with E-state index in [0.717, 1.165) is 53.9 Å². The minimum absolute atomic E-state index is 0.0320. The van der Waals surface area contributed by atoms with Gasteiger partial charge in [-0.2, -0.15) is 38.1 Å². The van der Waals surface area contributed by atoms with Gasteiger partial charge in [-0.3, -0.25) is 10.2 Å². The summed E-state index contributed by atoms with van der Waals surface area (Å²) in [5.74, 6) is -2.64. The van der Waals surface area contributed by atoms with Gasteiger partial charge in [-0.15, -0.1) is 0 Å². The molecule has 2 atom stereocenters. The zero-order valence-electron chi connectivity index (χ0n) is 25.2. The van der Waals surface area contributed by atoms with Crippen LogP contribution < -0.4 is 21.7 Å². The van der Waals surface area contributed by atoms with Gasteiger partial charge >= 0.3 is 24.3 Å². The Labute approximate surface area is 273 Å². The molecule has 0 radical (unpaired) electrons. The number of guanidine groups is 1. The number of furan rings is 1. The molecule has 2 aromatic heterocycles. The van der Waals surface area contributed by atoms with Crippen LogP contribution in [-0.2, 0) is 15.3 Å².